The number of hydrogen-bond donors (Lipinski definition) is 4. The molecule has 0 atom stereocenters. The lowest BCUT2D eigenvalue weighted by Crippen LogP contribution is -3.00. The molecule has 34 heavy (non-hydrogen) atoms. The van der Waals surface area contributed by atoms with Crippen molar-refractivity contribution in [3.63, 3.8) is 0 Å². The largest absolute Gasteiger partial charge is 1.00 e. The number of aromatic hydroxyl groups is 3. The van der Waals surface area contributed by atoms with Crippen LogP contribution in [0.2, 0.25) is 0 Å². The normalized spacial score (nSPS) is 9.21. The molecule has 8 heteroatoms. The summed E-state index contributed by atoms with van der Waals surface area (Å²) in [6.07, 6.45) is 2.69. The van der Waals surface area contributed by atoms with Gasteiger partial charge in [0, 0.05) is 17.7 Å². The second-order valence-corrected chi connectivity index (χ2v) is 7.88. The van der Waals surface area contributed by atoms with Crippen LogP contribution in [0, 0.1) is 6.92 Å². The Hall–Kier alpha value is -2.96. The molecular formula is C26H34Cl2NO5-. The molecule has 0 aliphatic carbocycles. The number of allylic oxidation sites excluding steroid dienone is 1. The van der Waals surface area contributed by atoms with E-state index in [2.05, 4.69) is 25.4 Å². The average Bonchev–Trinajstić information content (AvgIpc) is 2.74. The van der Waals surface area contributed by atoms with E-state index in [1.165, 1.54) is 6.07 Å². The molecule has 0 fully saturated rings. The summed E-state index contributed by atoms with van der Waals surface area (Å²) in [4.78, 5) is 21.0. The summed E-state index contributed by atoms with van der Waals surface area (Å²) in [6.45, 7) is 14.5. The van der Waals surface area contributed by atoms with E-state index < -0.39 is 5.24 Å². The molecule has 188 valence electrons. The van der Waals surface area contributed by atoms with E-state index in [1.54, 1.807) is 26.0 Å². The summed E-state index contributed by atoms with van der Waals surface area (Å²) in [7, 11) is 0. The Bertz CT molecular complexity index is 962. The first kappa shape index (κ1) is 33.2. The van der Waals surface area contributed by atoms with E-state index in [-0.39, 0.29) is 29.8 Å². The maximum Gasteiger partial charge on any atom is 0.247 e. The second kappa shape index (κ2) is 17.5. The molecule has 0 saturated carbocycles. The van der Waals surface area contributed by atoms with Gasteiger partial charge in [-0.3, -0.25) is 9.59 Å². The number of amides is 1. The van der Waals surface area contributed by atoms with Crippen molar-refractivity contribution in [3.8, 4) is 17.2 Å². The van der Waals surface area contributed by atoms with Gasteiger partial charge in [-0.15, -0.1) is 0 Å². The summed E-state index contributed by atoms with van der Waals surface area (Å²) < 4.78 is 0. The van der Waals surface area contributed by atoms with Crippen LogP contribution in [0.25, 0.3) is 0 Å². The minimum absolute atomic E-state index is 0. The Balaban J connectivity index is 0. The van der Waals surface area contributed by atoms with Gasteiger partial charge in [-0.25, -0.2) is 0 Å². The first-order valence-corrected chi connectivity index (χ1v) is 10.8. The predicted octanol–water partition coefficient (Wildman–Crippen LogP) is 2.32. The fourth-order valence-corrected chi connectivity index (χ4v) is 2.29. The summed E-state index contributed by atoms with van der Waals surface area (Å²) in [5.74, 6) is 0.0841. The van der Waals surface area contributed by atoms with Crippen molar-refractivity contribution in [3.05, 3.63) is 77.4 Å². The zero-order valence-electron chi connectivity index (χ0n) is 20.1. The maximum atomic E-state index is 11.2. The summed E-state index contributed by atoms with van der Waals surface area (Å²) in [5, 5.41) is 29.8. The minimum atomic E-state index is -0.463. The molecule has 0 spiro atoms. The van der Waals surface area contributed by atoms with Gasteiger partial charge in [0.1, 0.15) is 5.75 Å². The molecule has 0 bridgehead atoms. The summed E-state index contributed by atoms with van der Waals surface area (Å²) >= 11 is 4.87. The molecule has 0 radical (unpaired) electrons. The number of halogens is 2. The van der Waals surface area contributed by atoms with Crippen molar-refractivity contribution >= 4 is 22.8 Å². The Kier molecular flexibility index (Phi) is 17.1. The third kappa shape index (κ3) is 14.2. The van der Waals surface area contributed by atoms with Crippen LogP contribution in [-0.4, -0.2) is 33.0 Å². The van der Waals surface area contributed by atoms with E-state index in [0.717, 1.165) is 29.5 Å². The van der Waals surface area contributed by atoms with Crippen LogP contribution in [0.1, 0.15) is 43.9 Å². The van der Waals surface area contributed by atoms with Crippen LogP contribution >= 0.6 is 11.6 Å². The number of benzene rings is 2. The Morgan fingerprint density at radius 2 is 1.38 bits per heavy atom. The molecule has 0 aliphatic rings. The molecule has 0 aromatic heterocycles. The maximum absolute atomic E-state index is 11.2. The van der Waals surface area contributed by atoms with E-state index in [1.807, 2.05) is 25.1 Å². The van der Waals surface area contributed by atoms with E-state index in [0.29, 0.717) is 29.9 Å². The Morgan fingerprint density at radius 1 is 0.882 bits per heavy atom. The molecule has 0 aliphatic heterocycles. The number of aryl methyl sites for hydroxylation is 2. The third-order valence-corrected chi connectivity index (χ3v) is 4.60. The van der Waals surface area contributed by atoms with Crippen LogP contribution in [0.4, 0.5) is 0 Å². The van der Waals surface area contributed by atoms with E-state index >= 15 is 0 Å². The minimum Gasteiger partial charge on any atom is -1.00 e. The van der Waals surface area contributed by atoms with Crippen LogP contribution in [-0.2, 0) is 22.4 Å². The molecule has 0 saturated heterocycles. The van der Waals surface area contributed by atoms with Gasteiger partial charge in [0.25, 0.3) is 0 Å². The average molecular weight is 511 g/mol. The molecule has 2 rings (SSSR count). The molecule has 6 nitrogen and oxygen atoms in total. The highest BCUT2D eigenvalue weighted by Gasteiger charge is 2.02. The van der Waals surface area contributed by atoms with E-state index in [4.69, 9.17) is 21.8 Å². The van der Waals surface area contributed by atoms with Crippen LogP contribution in [0.5, 0.6) is 17.2 Å². The number of phenolic OH excluding ortho intramolecular Hbond substituents is 3. The van der Waals surface area contributed by atoms with Gasteiger partial charge in [-0.05, 0) is 80.1 Å². The van der Waals surface area contributed by atoms with Gasteiger partial charge in [-0.1, -0.05) is 44.7 Å². The molecular weight excluding hydrogens is 477 g/mol. The number of phenols is 3. The number of carbonyl (C=O) groups is 2. The van der Waals surface area contributed by atoms with Gasteiger partial charge in [0.05, 0.1) is 0 Å². The molecule has 1 amide bonds. The lowest BCUT2D eigenvalue weighted by Gasteiger charge is -2.06. The topological polar surface area (TPSA) is 107 Å². The van der Waals surface area contributed by atoms with Gasteiger partial charge in [-0.2, -0.15) is 0 Å². The lowest BCUT2D eigenvalue weighted by atomic mass is 10.1. The van der Waals surface area contributed by atoms with Crippen LogP contribution < -0.4 is 17.7 Å². The number of carbonyl (C=O) groups excluding carboxylic acids is 2. The number of nitrogens with one attached hydrogen (secondary N) is 1. The molecule has 4 N–H and O–H groups in total. The first-order valence-electron chi connectivity index (χ1n) is 10.5. The quantitative estimate of drug-likeness (QED) is 0.259. The van der Waals surface area contributed by atoms with Crippen LogP contribution in [0.3, 0.4) is 0 Å². The highest BCUT2D eigenvalue weighted by atomic mass is 35.5. The number of rotatable bonds is 7. The summed E-state index contributed by atoms with van der Waals surface area (Å²) in [6, 6.07) is 10.5. The van der Waals surface area contributed by atoms with Gasteiger partial charge >= 0.3 is 0 Å². The SMILES string of the molecule is C=C(C)C(=O)Cl.C=C(C)C(=O)NCCc1ccc(C)c(O)c1.CCCc1ccc(O)c(O)c1.[Cl-]. The molecule has 0 unspecified atom stereocenters. The zero-order valence-corrected chi connectivity index (χ0v) is 21.6. The van der Waals surface area contributed by atoms with E-state index in [9.17, 15) is 14.7 Å². The Morgan fingerprint density at radius 3 is 1.82 bits per heavy atom. The van der Waals surface area contributed by atoms with Crippen molar-refractivity contribution in [1.82, 2.24) is 5.32 Å². The Labute approximate surface area is 213 Å². The first-order chi connectivity index (χ1) is 15.4. The smallest absolute Gasteiger partial charge is 0.247 e. The zero-order chi connectivity index (χ0) is 25.6. The van der Waals surface area contributed by atoms with Crippen molar-refractivity contribution in [2.75, 3.05) is 6.54 Å². The third-order valence-electron chi connectivity index (χ3n) is 4.27. The van der Waals surface area contributed by atoms with Gasteiger partial charge in [0.15, 0.2) is 11.5 Å². The molecule has 2 aromatic rings. The van der Waals surface area contributed by atoms with Crippen molar-refractivity contribution in [2.24, 2.45) is 0 Å². The highest BCUT2D eigenvalue weighted by Crippen LogP contribution is 2.25. The van der Waals surface area contributed by atoms with Crippen molar-refractivity contribution < 1.29 is 37.3 Å². The number of hydrogen-bond acceptors (Lipinski definition) is 5. The van der Waals surface area contributed by atoms with Gasteiger partial charge < -0.3 is 33.0 Å². The fourth-order valence-electron chi connectivity index (χ4n) is 2.29. The van der Waals surface area contributed by atoms with Gasteiger partial charge in [0.2, 0.25) is 11.1 Å². The van der Waals surface area contributed by atoms with Crippen molar-refractivity contribution in [2.45, 2.75) is 47.0 Å². The summed E-state index contributed by atoms with van der Waals surface area (Å²) in [5.41, 5.74) is 3.81. The van der Waals surface area contributed by atoms with Crippen LogP contribution in [0.15, 0.2) is 60.7 Å². The van der Waals surface area contributed by atoms with Crippen molar-refractivity contribution in [1.29, 1.82) is 0 Å². The predicted molar refractivity (Wildman–Crippen MR) is 134 cm³/mol. The molecule has 2 aromatic carbocycles. The highest BCUT2D eigenvalue weighted by molar-refractivity contribution is 6.67. The molecule has 0 heterocycles. The lowest BCUT2D eigenvalue weighted by molar-refractivity contribution is -0.117. The monoisotopic (exact) mass is 510 g/mol. The second-order valence-electron chi connectivity index (χ2n) is 7.53. The standard InChI is InChI=1S/C13H17NO2.C9H12O2.C4H5ClO.ClH/c1-9(2)13(16)14-7-6-11-5-4-10(3)12(15)8-11;1-2-3-7-4-5-8(10)9(11)6-7;1-3(2)4(5)6;/h4-5,8,15H,1,6-7H2,2-3H3,(H,14,16);4-6,10-11H,2-3H2,1H3;1H2,2H3;1H/p-1. The fraction of sp³-hybridized carbons (Fsp3) is 0.308.